The highest BCUT2D eigenvalue weighted by Crippen LogP contribution is 2.23. The molecule has 4 nitrogen and oxygen atoms in total. The van der Waals surface area contributed by atoms with Gasteiger partial charge in [-0.2, -0.15) is 0 Å². The van der Waals surface area contributed by atoms with E-state index in [1.54, 1.807) is 11.3 Å². The van der Waals surface area contributed by atoms with Crippen molar-refractivity contribution in [3.05, 3.63) is 94.5 Å². The van der Waals surface area contributed by atoms with E-state index in [4.69, 9.17) is 10.4 Å². The highest BCUT2D eigenvalue weighted by Gasteiger charge is 2.13. The summed E-state index contributed by atoms with van der Waals surface area (Å²) in [5, 5.41) is 9.89. The molecule has 29 heavy (non-hydrogen) atoms. The number of imidazole rings is 1. The van der Waals surface area contributed by atoms with E-state index in [0.717, 1.165) is 34.5 Å². The van der Waals surface area contributed by atoms with E-state index in [9.17, 15) is 0 Å². The minimum absolute atomic E-state index is 0.526. The SMILES string of the molecule is Cc1ccc(CCn2c(=N)n(Cc3nc4ccccc4s3)c3ccccc32)cc1. The molecule has 0 aliphatic rings. The smallest absolute Gasteiger partial charge is 0.203 e. The molecule has 0 amide bonds. The molecule has 3 aromatic carbocycles. The van der Waals surface area contributed by atoms with E-state index in [2.05, 4.69) is 58.5 Å². The van der Waals surface area contributed by atoms with Crippen molar-refractivity contribution in [1.82, 2.24) is 14.1 Å². The van der Waals surface area contributed by atoms with Crippen LogP contribution in [-0.4, -0.2) is 14.1 Å². The minimum atomic E-state index is 0.526. The monoisotopic (exact) mass is 398 g/mol. The Kier molecular flexibility index (Phi) is 4.52. The van der Waals surface area contributed by atoms with Crippen LogP contribution >= 0.6 is 11.3 Å². The summed E-state index contributed by atoms with van der Waals surface area (Å²) in [6, 6.07) is 25.2. The van der Waals surface area contributed by atoms with Crippen molar-refractivity contribution in [2.75, 3.05) is 0 Å². The summed E-state index contributed by atoms with van der Waals surface area (Å²) in [5.41, 5.74) is 6.31. The molecule has 0 aliphatic carbocycles. The van der Waals surface area contributed by atoms with Crippen LogP contribution in [0.1, 0.15) is 16.1 Å². The second-order valence-electron chi connectivity index (χ2n) is 7.36. The van der Waals surface area contributed by atoms with Crippen LogP contribution in [0.15, 0.2) is 72.8 Å². The lowest BCUT2D eigenvalue weighted by Crippen LogP contribution is -2.25. The first-order valence-electron chi connectivity index (χ1n) is 9.82. The van der Waals surface area contributed by atoms with Crippen LogP contribution in [0.4, 0.5) is 0 Å². The molecule has 5 heteroatoms. The third kappa shape index (κ3) is 3.38. The number of hydrogen-bond donors (Lipinski definition) is 1. The molecule has 0 bridgehead atoms. The summed E-state index contributed by atoms with van der Waals surface area (Å²) in [7, 11) is 0. The first-order valence-corrected chi connectivity index (χ1v) is 10.6. The molecule has 5 aromatic rings. The van der Waals surface area contributed by atoms with Gasteiger partial charge in [-0.05, 0) is 43.2 Å². The summed E-state index contributed by atoms with van der Waals surface area (Å²) in [4.78, 5) is 4.77. The van der Waals surface area contributed by atoms with E-state index in [0.29, 0.717) is 12.2 Å². The summed E-state index contributed by atoms with van der Waals surface area (Å²) in [6.07, 6.45) is 0.909. The maximum absolute atomic E-state index is 8.86. The van der Waals surface area contributed by atoms with Gasteiger partial charge in [-0.15, -0.1) is 11.3 Å². The van der Waals surface area contributed by atoms with Gasteiger partial charge >= 0.3 is 0 Å². The molecule has 0 saturated heterocycles. The maximum Gasteiger partial charge on any atom is 0.203 e. The van der Waals surface area contributed by atoms with Crippen molar-refractivity contribution in [3.8, 4) is 0 Å². The molecule has 2 aromatic heterocycles. The van der Waals surface area contributed by atoms with Gasteiger partial charge < -0.3 is 9.13 Å². The standard InChI is InChI=1S/C24H22N4S/c1-17-10-12-18(13-11-17)14-15-27-20-7-3-4-8-21(20)28(24(27)25)16-23-26-19-6-2-5-9-22(19)29-23/h2-13,25H,14-16H2,1H3. The number of aromatic nitrogens is 3. The topological polar surface area (TPSA) is 46.6 Å². The summed E-state index contributed by atoms with van der Waals surface area (Å²) >= 11 is 1.71. The summed E-state index contributed by atoms with van der Waals surface area (Å²) in [6.45, 7) is 3.52. The van der Waals surface area contributed by atoms with Crippen LogP contribution in [0.2, 0.25) is 0 Å². The average molecular weight is 399 g/mol. The van der Waals surface area contributed by atoms with E-state index in [1.165, 1.54) is 15.8 Å². The van der Waals surface area contributed by atoms with E-state index in [1.807, 2.05) is 30.3 Å². The van der Waals surface area contributed by atoms with Crippen molar-refractivity contribution in [3.63, 3.8) is 0 Å². The Labute approximate surface area is 173 Å². The number of fused-ring (bicyclic) bond motifs is 2. The van der Waals surface area contributed by atoms with Crippen LogP contribution < -0.4 is 5.62 Å². The Hall–Kier alpha value is -3.18. The molecular weight excluding hydrogens is 376 g/mol. The van der Waals surface area contributed by atoms with Crippen molar-refractivity contribution in [1.29, 1.82) is 5.41 Å². The zero-order valence-corrected chi connectivity index (χ0v) is 17.1. The van der Waals surface area contributed by atoms with Crippen molar-refractivity contribution >= 4 is 32.6 Å². The number of nitrogens with zero attached hydrogens (tertiary/aromatic N) is 3. The van der Waals surface area contributed by atoms with Crippen LogP contribution in [0.5, 0.6) is 0 Å². The van der Waals surface area contributed by atoms with E-state index in [-0.39, 0.29) is 0 Å². The third-order valence-electron chi connectivity index (χ3n) is 5.35. The number of nitrogens with one attached hydrogen (secondary N) is 1. The van der Waals surface area contributed by atoms with Gasteiger partial charge in [0.1, 0.15) is 5.01 Å². The van der Waals surface area contributed by atoms with Gasteiger partial charge in [-0.1, -0.05) is 54.1 Å². The summed E-state index contributed by atoms with van der Waals surface area (Å²) in [5.74, 6) is 0. The Morgan fingerprint density at radius 3 is 2.31 bits per heavy atom. The number of thiazole rings is 1. The predicted molar refractivity (Wildman–Crippen MR) is 119 cm³/mol. The maximum atomic E-state index is 8.86. The number of aryl methyl sites for hydroxylation is 3. The van der Waals surface area contributed by atoms with E-state index >= 15 is 0 Å². The molecule has 2 heterocycles. The lowest BCUT2D eigenvalue weighted by Gasteiger charge is -2.05. The van der Waals surface area contributed by atoms with Crippen LogP contribution in [0, 0.1) is 12.3 Å². The van der Waals surface area contributed by atoms with Crippen LogP contribution in [0.3, 0.4) is 0 Å². The molecule has 1 N–H and O–H groups in total. The Balaban J connectivity index is 1.51. The van der Waals surface area contributed by atoms with Crippen LogP contribution in [0.25, 0.3) is 21.3 Å². The fourth-order valence-electron chi connectivity index (χ4n) is 3.80. The quantitative estimate of drug-likeness (QED) is 0.438. The minimum Gasteiger partial charge on any atom is -0.310 e. The molecule has 0 saturated carbocycles. The molecule has 0 fully saturated rings. The number of hydrogen-bond acceptors (Lipinski definition) is 3. The molecule has 5 rings (SSSR count). The molecule has 0 spiro atoms. The van der Waals surface area contributed by atoms with Crippen molar-refractivity contribution in [2.24, 2.45) is 0 Å². The molecule has 144 valence electrons. The van der Waals surface area contributed by atoms with Gasteiger partial charge in [0.15, 0.2) is 0 Å². The molecular formula is C24H22N4S. The molecule has 0 aliphatic heterocycles. The highest BCUT2D eigenvalue weighted by molar-refractivity contribution is 7.18. The summed E-state index contributed by atoms with van der Waals surface area (Å²) < 4.78 is 5.38. The van der Waals surface area contributed by atoms with E-state index < -0.39 is 0 Å². The van der Waals surface area contributed by atoms with Crippen LogP contribution in [-0.2, 0) is 19.5 Å². The molecule has 0 unspecified atom stereocenters. The third-order valence-corrected chi connectivity index (χ3v) is 6.37. The zero-order valence-electron chi connectivity index (χ0n) is 16.3. The van der Waals surface area contributed by atoms with Gasteiger partial charge in [0.25, 0.3) is 0 Å². The lowest BCUT2D eigenvalue weighted by atomic mass is 10.1. The van der Waals surface area contributed by atoms with Gasteiger partial charge in [-0.25, -0.2) is 4.98 Å². The Bertz CT molecular complexity index is 1320. The van der Waals surface area contributed by atoms with Gasteiger partial charge in [-0.3, -0.25) is 5.41 Å². The fraction of sp³-hybridized carbons (Fsp3) is 0.167. The zero-order chi connectivity index (χ0) is 19.8. The highest BCUT2D eigenvalue weighted by atomic mass is 32.1. The molecule has 0 atom stereocenters. The van der Waals surface area contributed by atoms with Gasteiger partial charge in [0, 0.05) is 6.54 Å². The van der Waals surface area contributed by atoms with Crippen molar-refractivity contribution < 1.29 is 0 Å². The first-order chi connectivity index (χ1) is 14.2. The fourth-order valence-corrected chi connectivity index (χ4v) is 4.76. The van der Waals surface area contributed by atoms with Gasteiger partial charge in [0.2, 0.25) is 5.62 Å². The number of rotatable bonds is 5. The largest absolute Gasteiger partial charge is 0.310 e. The van der Waals surface area contributed by atoms with Crippen molar-refractivity contribution in [2.45, 2.75) is 26.4 Å². The Morgan fingerprint density at radius 1 is 0.862 bits per heavy atom. The number of para-hydroxylation sites is 3. The average Bonchev–Trinajstić information content (AvgIpc) is 3.27. The number of benzene rings is 3. The first kappa shape index (κ1) is 17.9. The normalized spacial score (nSPS) is 11.5. The van der Waals surface area contributed by atoms with Gasteiger partial charge in [0.05, 0.1) is 27.8 Å². The molecule has 0 radical (unpaired) electrons. The second kappa shape index (κ2) is 7.33. The predicted octanol–water partition coefficient (Wildman–Crippen LogP) is 5.13. The second-order valence-corrected chi connectivity index (χ2v) is 8.48. The Morgan fingerprint density at radius 2 is 1.55 bits per heavy atom. The lowest BCUT2D eigenvalue weighted by molar-refractivity contribution is 0.620.